The van der Waals surface area contributed by atoms with Crippen LogP contribution in [0.5, 0.6) is 0 Å². The number of hydrogen-bond donors (Lipinski definition) is 0. The minimum absolute atomic E-state index is 0.0596. The van der Waals surface area contributed by atoms with Crippen molar-refractivity contribution < 1.29 is 17.9 Å². The lowest BCUT2D eigenvalue weighted by Crippen LogP contribution is -2.70. The first kappa shape index (κ1) is 21.9. The Balaban J connectivity index is 1.39. The number of aromatic nitrogens is 4. The van der Waals surface area contributed by atoms with E-state index in [1.165, 1.54) is 0 Å². The quantitative estimate of drug-likeness (QED) is 0.474. The largest absolute Gasteiger partial charge is 0.394 e. The SMILES string of the molecule is Cc1cc([C@H]2C[C@H](c3cc4nc(C)c(C)nc4c([C@]45C[C@@](C(F)(F)F)(C4)C5)n3)CCO2)ccn1. The molecule has 3 aromatic rings. The van der Waals surface area contributed by atoms with Crippen molar-refractivity contribution in [2.75, 3.05) is 6.61 Å². The fourth-order valence-corrected chi connectivity index (χ4v) is 6.23. The Bertz CT molecular complexity index is 1290. The molecular weight excluding hydrogens is 441 g/mol. The zero-order chi connectivity index (χ0) is 23.9. The maximum absolute atomic E-state index is 13.6. The molecule has 4 aliphatic rings. The van der Waals surface area contributed by atoms with Crippen LogP contribution in [0, 0.1) is 26.2 Å². The van der Waals surface area contributed by atoms with E-state index in [4.69, 9.17) is 19.7 Å². The van der Waals surface area contributed by atoms with E-state index in [0.29, 0.717) is 17.8 Å². The Hall–Kier alpha value is -2.61. The zero-order valence-electron chi connectivity index (χ0n) is 19.5. The van der Waals surface area contributed by atoms with Gasteiger partial charge in [-0.2, -0.15) is 13.2 Å². The predicted molar refractivity (Wildman–Crippen MR) is 120 cm³/mol. The van der Waals surface area contributed by atoms with Crippen molar-refractivity contribution in [1.29, 1.82) is 0 Å². The third kappa shape index (κ3) is 3.17. The van der Waals surface area contributed by atoms with Crippen molar-refractivity contribution in [3.63, 3.8) is 0 Å². The van der Waals surface area contributed by atoms with Gasteiger partial charge in [0.25, 0.3) is 0 Å². The van der Waals surface area contributed by atoms with Gasteiger partial charge in [-0.05, 0) is 76.6 Å². The molecule has 0 N–H and O–H groups in total. The minimum atomic E-state index is -4.16. The molecule has 3 saturated carbocycles. The van der Waals surface area contributed by atoms with Crippen molar-refractivity contribution >= 4 is 11.0 Å². The number of alkyl halides is 3. The molecular formula is C26H27F3N4O. The number of pyridine rings is 2. The monoisotopic (exact) mass is 468 g/mol. The molecule has 0 radical (unpaired) electrons. The topological polar surface area (TPSA) is 60.8 Å². The van der Waals surface area contributed by atoms with E-state index >= 15 is 0 Å². The van der Waals surface area contributed by atoms with E-state index < -0.39 is 17.0 Å². The summed E-state index contributed by atoms with van der Waals surface area (Å²) in [4.78, 5) is 18.9. The highest BCUT2D eigenvalue weighted by Gasteiger charge is 2.79. The van der Waals surface area contributed by atoms with Crippen LogP contribution in [0.3, 0.4) is 0 Å². The van der Waals surface area contributed by atoms with Gasteiger partial charge in [0.05, 0.1) is 34.1 Å². The summed E-state index contributed by atoms with van der Waals surface area (Å²) >= 11 is 0. The molecule has 2 atom stereocenters. The normalized spacial score (nSPS) is 30.6. The zero-order valence-corrected chi connectivity index (χ0v) is 19.5. The molecule has 1 saturated heterocycles. The fraction of sp³-hybridized carbons (Fsp3) is 0.538. The molecule has 3 aromatic heterocycles. The Labute approximate surface area is 196 Å². The highest BCUT2D eigenvalue weighted by molar-refractivity contribution is 5.79. The van der Waals surface area contributed by atoms with E-state index in [1.807, 2.05) is 39.0 Å². The number of rotatable bonds is 3. The van der Waals surface area contributed by atoms with Gasteiger partial charge in [-0.25, -0.2) is 9.97 Å². The van der Waals surface area contributed by atoms with Crippen LogP contribution >= 0.6 is 0 Å². The summed E-state index contributed by atoms with van der Waals surface area (Å²) in [5.74, 6) is 0.141. The summed E-state index contributed by atoms with van der Waals surface area (Å²) in [5.41, 5.74) is 4.59. The highest BCUT2D eigenvalue weighted by Crippen LogP contribution is 2.78. The lowest BCUT2D eigenvalue weighted by Gasteiger charge is -2.70. The van der Waals surface area contributed by atoms with Gasteiger partial charge in [0.2, 0.25) is 0 Å². The molecule has 4 fully saturated rings. The van der Waals surface area contributed by atoms with E-state index in [2.05, 4.69) is 4.98 Å². The van der Waals surface area contributed by atoms with Gasteiger partial charge in [0, 0.05) is 35.5 Å². The summed E-state index contributed by atoms with van der Waals surface area (Å²) < 4.78 is 46.8. The lowest BCUT2D eigenvalue weighted by atomic mass is 9.34. The van der Waals surface area contributed by atoms with Gasteiger partial charge in [0.15, 0.2) is 0 Å². The average molecular weight is 469 g/mol. The molecule has 0 amide bonds. The van der Waals surface area contributed by atoms with Crippen LogP contribution in [-0.2, 0) is 10.2 Å². The summed E-state index contributed by atoms with van der Waals surface area (Å²) in [6, 6.07) is 6.02. The summed E-state index contributed by atoms with van der Waals surface area (Å²) in [6.45, 7) is 6.37. The third-order valence-corrected chi connectivity index (χ3v) is 8.21. The van der Waals surface area contributed by atoms with Crippen LogP contribution in [0.15, 0.2) is 24.4 Å². The molecule has 0 unspecified atom stereocenters. The predicted octanol–water partition coefficient (Wildman–Crippen LogP) is 5.96. The Morgan fingerprint density at radius 1 is 1.00 bits per heavy atom. The molecule has 4 heterocycles. The van der Waals surface area contributed by atoms with Gasteiger partial charge < -0.3 is 4.74 Å². The van der Waals surface area contributed by atoms with Gasteiger partial charge in [-0.15, -0.1) is 0 Å². The molecule has 3 aliphatic carbocycles. The standard InChI is InChI=1S/C26H27F3N4O/c1-14-8-18(4-6-30-14)21-9-17(5-7-34-21)19-10-20-22(32-16(3)15(2)31-20)23(33-19)24-11-25(12-24,13-24)26(27,28)29/h4,6,8,10,17,21H,5,7,9,11-13H2,1-3H3/t17-,21-,24-,25-/m1/s1. The summed E-state index contributed by atoms with van der Waals surface area (Å²) in [7, 11) is 0. The second-order valence-electron chi connectivity index (χ2n) is 10.6. The molecule has 0 spiro atoms. The second kappa shape index (κ2) is 7.20. The molecule has 34 heavy (non-hydrogen) atoms. The molecule has 178 valence electrons. The van der Waals surface area contributed by atoms with Crippen molar-refractivity contribution in [3.8, 4) is 0 Å². The van der Waals surface area contributed by atoms with Crippen molar-refractivity contribution in [3.05, 3.63) is 58.4 Å². The van der Waals surface area contributed by atoms with Crippen LogP contribution in [0.4, 0.5) is 13.2 Å². The molecule has 2 bridgehead atoms. The summed E-state index contributed by atoms with van der Waals surface area (Å²) in [5, 5.41) is 0. The van der Waals surface area contributed by atoms with Gasteiger partial charge in [0.1, 0.15) is 5.52 Å². The van der Waals surface area contributed by atoms with Crippen molar-refractivity contribution in [2.24, 2.45) is 5.41 Å². The number of fused-ring (bicyclic) bond motifs is 1. The lowest BCUT2D eigenvalue weighted by molar-refractivity contribution is -0.337. The fourth-order valence-electron chi connectivity index (χ4n) is 6.23. The van der Waals surface area contributed by atoms with Gasteiger partial charge >= 0.3 is 6.18 Å². The first-order valence-corrected chi connectivity index (χ1v) is 11.9. The number of ether oxygens (including phenoxy) is 1. The minimum Gasteiger partial charge on any atom is -0.373 e. The highest BCUT2D eigenvalue weighted by atomic mass is 19.4. The van der Waals surface area contributed by atoms with Gasteiger partial charge in [-0.3, -0.25) is 9.97 Å². The number of aryl methyl sites for hydroxylation is 3. The number of hydrogen-bond acceptors (Lipinski definition) is 5. The van der Waals surface area contributed by atoms with E-state index in [9.17, 15) is 13.2 Å². The molecule has 5 nitrogen and oxygen atoms in total. The Morgan fingerprint density at radius 2 is 1.74 bits per heavy atom. The molecule has 0 aromatic carbocycles. The van der Waals surface area contributed by atoms with Crippen LogP contribution in [0.2, 0.25) is 0 Å². The second-order valence-corrected chi connectivity index (χ2v) is 10.6. The smallest absolute Gasteiger partial charge is 0.373 e. The Kier molecular flexibility index (Phi) is 4.63. The van der Waals surface area contributed by atoms with Crippen LogP contribution < -0.4 is 0 Å². The van der Waals surface area contributed by atoms with E-state index in [1.54, 1.807) is 6.20 Å². The van der Waals surface area contributed by atoms with Gasteiger partial charge in [-0.1, -0.05) is 0 Å². The van der Waals surface area contributed by atoms with E-state index in [-0.39, 0.29) is 31.3 Å². The first-order valence-electron chi connectivity index (χ1n) is 11.9. The van der Waals surface area contributed by atoms with E-state index in [0.717, 1.165) is 46.7 Å². The Morgan fingerprint density at radius 3 is 2.44 bits per heavy atom. The van der Waals surface area contributed by atoms with Crippen molar-refractivity contribution in [1.82, 2.24) is 19.9 Å². The maximum atomic E-state index is 13.6. The summed E-state index contributed by atoms with van der Waals surface area (Å²) in [6.07, 6.45) is -0.518. The molecule has 7 rings (SSSR count). The first-order chi connectivity index (χ1) is 16.1. The average Bonchev–Trinajstić information content (AvgIpc) is 2.72. The van der Waals surface area contributed by atoms with Crippen LogP contribution in [0.25, 0.3) is 11.0 Å². The van der Waals surface area contributed by atoms with Crippen LogP contribution in [-0.4, -0.2) is 32.7 Å². The molecule has 8 heteroatoms. The third-order valence-electron chi connectivity index (χ3n) is 8.21. The van der Waals surface area contributed by atoms with Crippen LogP contribution in [0.1, 0.15) is 78.2 Å². The number of halogens is 3. The number of nitrogens with zero attached hydrogens (tertiary/aromatic N) is 4. The van der Waals surface area contributed by atoms with Crippen molar-refractivity contribution in [2.45, 2.75) is 76.5 Å². The maximum Gasteiger partial charge on any atom is 0.394 e. The molecule has 1 aliphatic heterocycles.